The maximum Gasteiger partial charge on any atom is 0.0414 e. The number of nitrogens with zero attached hydrogens (tertiary/aromatic N) is 1. The Labute approximate surface area is 186 Å². The van der Waals surface area contributed by atoms with Crippen molar-refractivity contribution >= 4 is 11.4 Å². The van der Waals surface area contributed by atoms with Crippen molar-refractivity contribution in [2.24, 2.45) is 0 Å². The largest absolute Gasteiger partial charge is 0.345 e. The van der Waals surface area contributed by atoms with Crippen LogP contribution in [0.3, 0.4) is 0 Å². The molecule has 1 nitrogen and oxygen atoms in total. The molecule has 5 aromatic carbocycles. The highest BCUT2D eigenvalue weighted by Gasteiger charge is 2.06. The van der Waals surface area contributed by atoms with E-state index in [1.165, 1.54) is 53.1 Å². The summed E-state index contributed by atoms with van der Waals surface area (Å²) in [6.07, 6.45) is 0. The highest BCUT2D eigenvalue weighted by atomic mass is 15.1. The summed E-state index contributed by atoms with van der Waals surface area (Å²) >= 11 is 0. The fourth-order valence-corrected chi connectivity index (χ4v) is 4.86. The third-order valence-corrected chi connectivity index (χ3v) is 6.48. The summed E-state index contributed by atoms with van der Waals surface area (Å²) in [4.78, 5) is 2.25. The minimum atomic E-state index is 1.18. The first-order valence-electron chi connectivity index (χ1n) is 11.0. The third kappa shape index (κ3) is 2.94. The van der Waals surface area contributed by atoms with Gasteiger partial charge < -0.3 is 4.90 Å². The molecule has 0 atom stereocenters. The predicted octanol–water partition coefficient (Wildman–Crippen LogP) is 6.92. The average molecular weight is 410 g/mol. The quantitative estimate of drug-likeness (QED) is 0.300. The number of hydrogen-bond donors (Lipinski definition) is 0. The van der Waals surface area contributed by atoms with Gasteiger partial charge in [0.05, 0.1) is 0 Å². The third-order valence-electron chi connectivity index (χ3n) is 6.48. The van der Waals surface area contributed by atoms with E-state index in [4.69, 9.17) is 0 Å². The summed E-state index contributed by atoms with van der Waals surface area (Å²) < 4.78 is 0. The summed E-state index contributed by atoms with van der Waals surface area (Å²) in [5, 5.41) is 10.2. The van der Waals surface area contributed by atoms with Gasteiger partial charge in [-0.1, -0.05) is 97.1 Å². The molecule has 0 saturated heterocycles. The van der Waals surface area contributed by atoms with Crippen molar-refractivity contribution in [3.05, 3.63) is 163 Å². The molecule has 0 bridgehead atoms. The molecule has 0 heterocycles. The van der Waals surface area contributed by atoms with E-state index in [1.807, 2.05) is 0 Å². The molecule has 1 aliphatic rings. The van der Waals surface area contributed by atoms with Gasteiger partial charge >= 0.3 is 0 Å². The van der Waals surface area contributed by atoms with Crippen LogP contribution in [0.25, 0.3) is 0 Å². The normalized spacial score (nSPS) is 15.8. The van der Waals surface area contributed by atoms with Crippen LogP contribution in [0, 0.1) is 41.7 Å². The molecule has 0 aromatic heterocycles. The molecule has 0 aliphatic heterocycles. The zero-order valence-electron chi connectivity index (χ0n) is 18.0. The van der Waals surface area contributed by atoms with Crippen LogP contribution in [-0.4, -0.2) is 7.05 Å². The summed E-state index contributed by atoms with van der Waals surface area (Å²) in [7, 11) is 2.13. The number of rotatable bonds is 2. The molecule has 0 spiro atoms. The van der Waals surface area contributed by atoms with Crippen LogP contribution in [0.2, 0.25) is 0 Å². The number of anilines is 2. The van der Waals surface area contributed by atoms with E-state index < -0.39 is 0 Å². The Morgan fingerprint density at radius 2 is 0.719 bits per heavy atom. The summed E-state index contributed by atoms with van der Waals surface area (Å²) in [6.45, 7) is 0. The van der Waals surface area contributed by atoms with Crippen molar-refractivity contribution in [1.29, 1.82) is 0 Å². The second-order valence-electron chi connectivity index (χ2n) is 8.26. The zero-order chi connectivity index (χ0) is 21.5. The maximum atomic E-state index is 2.34. The van der Waals surface area contributed by atoms with Crippen LogP contribution >= 0.6 is 0 Å². The average Bonchev–Trinajstić information content (AvgIpc) is 2.88. The maximum absolute atomic E-state index is 2.34. The molecule has 152 valence electrons. The summed E-state index contributed by atoms with van der Waals surface area (Å²) in [5.41, 5.74) is 2.36. The predicted molar refractivity (Wildman–Crippen MR) is 131 cm³/mol. The summed E-state index contributed by atoms with van der Waals surface area (Å²) in [5.74, 6) is 0. The molecule has 32 heavy (non-hydrogen) atoms. The van der Waals surface area contributed by atoms with Crippen molar-refractivity contribution in [3.63, 3.8) is 0 Å². The van der Waals surface area contributed by atoms with Crippen LogP contribution in [0.1, 0.15) is 0 Å². The van der Waals surface area contributed by atoms with Gasteiger partial charge in [0.25, 0.3) is 0 Å². The van der Waals surface area contributed by atoms with Gasteiger partial charge in [-0.2, -0.15) is 0 Å². The smallest absolute Gasteiger partial charge is 0.0414 e. The van der Waals surface area contributed by atoms with E-state index in [0.717, 1.165) is 0 Å². The minimum absolute atomic E-state index is 1.18. The van der Waals surface area contributed by atoms with Crippen molar-refractivity contribution in [2.45, 2.75) is 0 Å². The van der Waals surface area contributed by atoms with Crippen molar-refractivity contribution in [2.75, 3.05) is 11.9 Å². The standard InChI is InChI=1S/C31H23N/c1-32(22-11-3-2-4-12-22)23-19-20-30-28-17-8-7-15-26(28)24-13-5-6-14-25(24)27-16-9-10-18-29(27)31(30)21-23/h2-21H,1H3/b26-24-,27-25-,30-28-,31-29-. The highest BCUT2D eigenvalue weighted by Crippen LogP contribution is 2.24. The van der Waals surface area contributed by atoms with Crippen molar-refractivity contribution in [3.8, 4) is 0 Å². The van der Waals surface area contributed by atoms with Gasteiger partial charge in [0.2, 0.25) is 0 Å². The second-order valence-corrected chi connectivity index (χ2v) is 8.26. The Kier molecular flexibility index (Phi) is 4.40. The first kappa shape index (κ1) is 18.7. The Hall–Kier alpha value is -4.10. The zero-order valence-corrected chi connectivity index (χ0v) is 18.0. The van der Waals surface area contributed by atoms with E-state index >= 15 is 0 Å². The molecule has 0 amide bonds. The van der Waals surface area contributed by atoms with Gasteiger partial charge in [0.15, 0.2) is 0 Å². The van der Waals surface area contributed by atoms with Crippen molar-refractivity contribution in [1.82, 2.24) is 0 Å². The van der Waals surface area contributed by atoms with Gasteiger partial charge in [0.1, 0.15) is 0 Å². The molecule has 0 radical (unpaired) electrons. The Morgan fingerprint density at radius 3 is 1.19 bits per heavy atom. The molecule has 5 aromatic rings. The lowest BCUT2D eigenvalue weighted by atomic mass is 10.0. The second kappa shape index (κ2) is 7.55. The van der Waals surface area contributed by atoms with Gasteiger partial charge in [-0.15, -0.1) is 0 Å². The van der Waals surface area contributed by atoms with Crippen LogP contribution in [0.5, 0.6) is 0 Å². The molecule has 0 fully saturated rings. The number of para-hydroxylation sites is 1. The lowest BCUT2D eigenvalue weighted by molar-refractivity contribution is 1.19. The van der Waals surface area contributed by atoms with E-state index in [-0.39, 0.29) is 0 Å². The number of benzene rings is 5. The first-order valence-corrected chi connectivity index (χ1v) is 11.0. The van der Waals surface area contributed by atoms with Gasteiger partial charge in [-0.3, -0.25) is 0 Å². The molecule has 1 aliphatic carbocycles. The molecular formula is C31H23N. The number of hydrogen-bond acceptors (Lipinski definition) is 1. The SMILES string of the molecule is CN(c1ccccc1)c1ccc2/c(c1)=c1/cccc/c1=c1\cccc\c1=c1/cccc/c1=2. The van der Waals surface area contributed by atoms with Crippen LogP contribution in [0.4, 0.5) is 11.4 Å². The molecule has 6 rings (SSSR count). The molecule has 1 heteroatoms. The Balaban J connectivity index is 1.91. The highest BCUT2D eigenvalue weighted by molar-refractivity contribution is 5.62. The molecule has 0 unspecified atom stereocenters. The first-order chi connectivity index (χ1) is 15.8. The van der Waals surface area contributed by atoms with E-state index in [2.05, 4.69) is 133 Å². The van der Waals surface area contributed by atoms with Crippen LogP contribution < -0.4 is 4.90 Å². The van der Waals surface area contributed by atoms with Crippen LogP contribution in [0.15, 0.2) is 121 Å². The van der Waals surface area contributed by atoms with Gasteiger partial charge in [0, 0.05) is 18.4 Å². The van der Waals surface area contributed by atoms with Gasteiger partial charge in [-0.25, -0.2) is 0 Å². The lowest BCUT2D eigenvalue weighted by Crippen LogP contribution is -2.09. The van der Waals surface area contributed by atoms with Gasteiger partial charge in [-0.05, 0) is 66.0 Å². The van der Waals surface area contributed by atoms with E-state index in [9.17, 15) is 0 Å². The van der Waals surface area contributed by atoms with E-state index in [0.29, 0.717) is 0 Å². The lowest BCUT2D eigenvalue weighted by Gasteiger charge is -2.19. The van der Waals surface area contributed by atoms with Crippen molar-refractivity contribution < 1.29 is 0 Å². The summed E-state index contributed by atoms with van der Waals surface area (Å²) in [6, 6.07) is 43.7. The monoisotopic (exact) mass is 409 g/mol. The Bertz CT molecular complexity index is 1840. The number of fused-ring (bicyclic) bond motifs is 4. The van der Waals surface area contributed by atoms with Crippen LogP contribution in [-0.2, 0) is 0 Å². The Morgan fingerprint density at radius 1 is 0.344 bits per heavy atom. The molecule has 0 N–H and O–H groups in total. The minimum Gasteiger partial charge on any atom is -0.345 e. The fourth-order valence-electron chi connectivity index (χ4n) is 4.86. The molecular weight excluding hydrogens is 386 g/mol. The fraction of sp³-hybridized carbons (Fsp3) is 0.0323. The molecule has 0 saturated carbocycles. The van der Waals surface area contributed by atoms with E-state index in [1.54, 1.807) is 0 Å². The topological polar surface area (TPSA) is 3.24 Å².